The van der Waals surface area contributed by atoms with E-state index in [1.807, 2.05) is 4.90 Å². The number of benzene rings is 1. The number of carbonyl (C=O) groups is 3. The van der Waals surface area contributed by atoms with E-state index >= 15 is 0 Å². The van der Waals surface area contributed by atoms with E-state index < -0.39 is 11.9 Å². The van der Waals surface area contributed by atoms with Gasteiger partial charge in [-0.1, -0.05) is 11.6 Å². The molecule has 2 rings (SSSR count). The van der Waals surface area contributed by atoms with Crippen molar-refractivity contribution in [3.63, 3.8) is 0 Å². The van der Waals surface area contributed by atoms with Gasteiger partial charge in [0.15, 0.2) is 0 Å². The lowest BCUT2D eigenvalue weighted by atomic mass is 10.0. The highest BCUT2D eigenvalue weighted by molar-refractivity contribution is 6.30. The van der Waals surface area contributed by atoms with Crippen LogP contribution in [0.2, 0.25) is 5.02 Å². The van der Waals surface area contributed by atoms with E-state index in [1.54, 1.807) is 29.2 Å². The molecule has 7 nitrogen and oxygen atoms in total. The third kappa shape index (κ3) is 6.03. The van der Waals surface area contributed by atoms with Crippen LogP contribution in [0, 0.1) is 5.92 Å². The Hall–Kier alpha value is -2.12. The highest BCUT2D eigenvalue weighted by atomic mass is 35.5. The first-order valence-electron chi connectivity index (χ1n) is 8.11. The predicted molar refractivity (Wildman–Crippen MR) is 94.5 cm³/mol. The van der Waals surface area contributed by atoms with Crippen LogP contribution in [0.5, 0.6) is 0 Å². The van der Waals surface area contributed by atoms with Gasteiger partial charge in [-0.3, -0.25) is 19.3 Å². The second-order valence-corrected chi connectivity index (χ2v) is 6.54. The van der Waals surface area contributed by atoms with E-state index in [0.717, 1.165) is 0 Å². The number of piperazine rings is 1. The number of anilines is 1. The van der Waals surface area contributed by atoms with Crippen molar-refractivity contribution in [1.82, 2.24) is 9.80 Å². The third-order valence-electron chi connectivity index (χ3n) is 4.21. The molecule has 25 heavy (non-hydrogen) atoms. The second kappa shape index (κ2) is 8.82. The van der Waals surface area contributed by atoms with Crippen LogP contribution in [0.3, 0.4) is 0 Å². The number of nitrogens with zero attached hydrogens (tertiary/aromatic N) is 2. The molecular formula is C17H22ClN3O4. The van der Waals surface area contributed by atoms with Gasteiger partial charge in [0.1, 0.15) is 0 Å². The molecule has 8 heteroatoms. The standard InChI is InChI=1S/C17H22ClN3O4/c1-12(22)21-8-6-20(7-9-21)11-13(17(24)25)10-16(23)19-15-4-2-14(18)3-5-15/h2-5,13H,6-11H2,1H3,(H,19,23)(H,24,25). The maximum atomic E-state index is 12.1. The number of carboxylic acid groups (broad SMARTS) is 1. The van der Waals surface area contributed by atoms with Gasteiger partial charge >= 0.3 is 5.97 Å². The molecule has 1 aromatic carbocycles. The molecule has 0 aromatic heterocycles. The molecular weight excluding hydrogens is 346 g/mol. The Morgan fingerprint density at radius 3 is 2.28 bits per heavy atom. The maximum absolute atomic E-state index is 12.1. The fourth-order valence-electron chi connectivity index (χ4n) is 2.76. The molecule has 0 saturated carbocycles. The van der Waals surface area contributed by atoms with E-state index in [4.69, 9.17) is 11.6 Å². The Labute approximate surface area is 151 Å². The minimum absolute atomic E-state index is 0.0248. The number of aliphatic carboxylic acids is 1. The summed E-state index contributed by atoms with van der Waals surface area (Å²) in [7, 11) is 0. The summed E-state index contributed by atoms with van der Waals surface area (Å²) in [5, 5.41) is 12.6. The number of halogens is 1. The minimum Gasteiger partial charge on any atom is -0.481 e. The molecule has 0 spiro atoms. The quantitative estimate of drug-likeness (QED) is 0.795. The van der Waals surface area contributed by atoms with Gasteiger partial charge in [-0.25, -0.2) is 0 Å². The molecule has 1 saturated heterocycles. The zero-order valence-corrected chi connectivity index (χ0v) is 14.8. The molecule has 1 aliphatic rings. The summed E-state index contributed by atoms with van der Waals surface area (Å²) in [4.78, 5) is 38.6. The summed E-state index contributed by atoms with van der Waals surface area (Å²) in [5.74, 6) is -2.12. The minimum atomic E-state index is -1.000. The summed E-state index contributed by atoms with van der Waals surface area (Å²) >= 11 is 5.79. The van der Waals surface area contributed by atoms with E-state index in [1.165, 1.54) is 6.92 Å². The highest BCUT2D eigenvalue weighted by Crippen LogP contribution is 2.15. The molecule has 0 radical (unpaired) electrons. The van der Waals surface area contributed by atoms with Gasteiger partial charge in [-0.05, 0) is 24.3 Å². The fourth-order valence-corrected chi connectivity index (χ4v) is 2.88. The molecule has 0 bridgehead atoms. The first kappa shape index (κ1) is 19.2. The van der Waals surface area contributed by atoms with Gasteiger partial charge in [0, 0.05) is 56.8 Å². The van der Waals surface area contributed by atoms with Crippen molar-refractivity contribution in [2.24, 2.45) is 5.92 Å². The van der Waals surface area contributed by atoms with Gasteiger partial charge in [0.2, 0.25) is 11.8 Å². The Bertz CT molecular complexity index is 627. The van der Waals surface area contributed by atoms with Crippen molar-refractivity contribution in [2.75, 3.05) is 38.0 Å². The predicted octanol–water partition coefficient (Wildman–Crippen LogP) is 1.53. The molecule has 1 unspecified atom stereocenters. The van der Waals surface area contributed by atoms with Gasteiger partial charge < -0.3 is 15.3 Å². The SMILES string of the molecule is CC(=O)N1CCN(CC(CC(=O)Nc2ccc(Cl)cc2)C(=O)O)CC1. The number of hydrogen-bond donors (Lipinski definition) is 2. The van der Waals surface area contributed by atoms with E-state index in [2.05, 4.69) is 5.32 Å². The van der Waals surface area contributed by atoms with E-state index in [0.29, 0.717) is 36.9 Å². The molecule has 1 atom stereocenters. The Morgan fingerprint density at radius 1 is 1.16 bits per heavy atom. The molecule has 1 heterocycles. The normalized spacial score (nSPS) is 16.3. The first-order chi connectivity index (χ1) is 11.8. The number of amides is 2. The summed E-state index contributed by atoms with van der Waals surface area (Å²) in [6.07, 6.45) is -0.106. The number of carboxylic acids is 1. The molecule has 2 N–H and O–H groups in total. The van der Waals surface area contributed by atoms with Crippen LogP contribution in [0.1, 0.15) is 13.3 Å². The molecule has 1 fully saturated rings. The van der Waals surface area contributed by atoms with E-state index in [-0.39, 0.29) is 24.8 Å². The summed E-state index contributed by atoms with van der Waals surface area (Å²) in [5.41, 5.74) is 0.577. The summed E-state index contributed by atoms with van der Waals surface area (Å²) in [6, 6.07) is 6.63. The summed E-state index contributed by atoms with van der Waals surface area (Å²) in [6.45, 7) is 4.20. The van der Waals surface area contributed by atoms with Crippen molar-refractivity contribution in [3.05, 3.63) is 29.3 Å². The molecule has 1 aliphatic heterocycles. The van der Waals surface area contributed by atoms with Gasteiger partial charge in [-0.15, -0.1) is 0 Å². The third-order valence-corrected chi connectivity index (χ3v) is 4.46. The Kier molecular flexibility index (Phi) is 6.78. The van der Waals surface area contributed by atoms with Gasteiger partial charge in [-0.2, -0.15) is 0 Å². The van der Waals surface area contributed by atoms with Crippen LogP contribution < -0.4 is 5.32 Å². The number of carbonyl (C=O) groups excluding carboxylic acids is 2. The number of nitrogens with one attached hydrogen (secondary N) is 1. The second-order valence-electron chi connectivity index (χ2n) is 6.10. The zero-order chi connectivity index (χ0) is 18.4. The Morgan fingerprint density at radius 2 is 1.76 bits per heavy atom. The molecule has 0 aliphatic carbocycles. The average molecular weight is 368 g/mol. The molecule has 1 aromatic rings. The van der Waals surface area contributed by atoms with Crippen LogP contribution in [0.25, 0.3) is 0 Å². The van der Waals surface area contributed by atoms with Gasteiger partial charge in [0.25, 0.3) is 0 Å². The van der Waals surface area contributed by atoms with Crippen LogP contribution in [-0.2, 0) is 14.4 Å². The smallest absolute Gasteiger partial charge is 0.308 e. The van der Waals surface area contributed by atoms with E-state index in [9.17, 15) is 19.5 Å². The lowest BCUT2D eigenvalue weighted by molar-refractivity contribution is -0.144. The maximum Gasteiger partial charge on any atom is 0.308 e. The molecule has 2 amide bonds. The van der Waals surface area contributed by atoms with Crippen molar-refractivity contribution in [1.29, 1.82) is 0 Å². The highest BCUT2D eigenvalue weighted by Gasteiger charge is 2.26. The van der Waals surface area contributed by atoms with Crippen LogP contribution in [-0.4, -0.2) is 65.4 Å². The largest absolute Gasteiger partial charge is 0.481 e. The van der Waals surface area contributed by atoms with Crippen molar-refractivity contribution in [3.8, 4) is 0 Å². The number of hydrogen-bond acceptors (Lipinski definition) is 4. The fraction of sp³-hybridized carbons (Fsp3) is 0.471. The Balaban J connectivity index is 1.86. The lowest BCUT2D eigenvalue weighted by Gasteiger charge is -2.35. The van der Waals surface area contributed by atoms with Crippen LogP contribution in [0.4, 0.5) is 5.69 Å². The topological polar surface area (TPSA) is 90.0 Å². The first-order valence-corrected chi connectivity index (χ1v) is 8.49. The van der Waals surface area contributed by atoms with Gasteiger partial charge in [0.05, 0.1) is 5.92 Å². The number of rotatable bonds is 6. The van der Waals surface area contributed by atoms with Crippen LogP contribution in [0.15, 0.2) is 24.3 Å². The van der Waals surface area contributed by atoms with Crippen molar-refractivity contribution >= 4 is 35.1 Å². The molecule has 136 valence electrons. The van der Waals surface area contributed by atoms with Crippen molar-refractivity contribution in [2.45, 2.75) is 13.3 Å². The lowest BCUT2D eigenvalue weighted by Crippen LogP contribution is -2.50. The monoisotopic (exact) mass is 367 g/mol. The van der Waals surface area contributed by atoms with Crippen LogP contribution >= 0.6 is 11.6 Å². The summed E-state index contributed by atoms with van der Waals surface area (Å²) < 4.78 is 0. The zero-order valence-electron chi connectivity index (χ0n) is 14.1. The average Bonchev–Trinajstić information content (AvgIpc) is 2.56. The van der Waals surface area contributed by atoms with Crippen molar-refractivity contribution < 1.29 is 19.5 Å².